The Morgan fingerprint density at radius 3 is 2.79 bits per heavy atom. The molecular formula is C19H13Cl2FN6O. The number of anilines is 1. The Labute approximate surface area is 174 Å². The van der Waals surface area contributed by atoms with Gasteiger partial charge in [0.1, 0.15) is 17.8 Å². The van der Waals surface area contributed by atoms with Crippen LogP contribution >= 0.6 is 23.2 Å². The maximum Gasteiger partial charge on any atom is 0.276 e. The predicted molar refractivity (Wildman–Crippen MR) is 108 cm³/mol. The fraction of sp³-hybridized carbons (Fsp3) is 0.0526. The number of aromatic nitrogens is 5. The first-order valence-corrected chi connectivity index (χ1v) is 9.19. The molecule has 1 amide bonds. The summed E-state index contributed by atoms with van der Waals surface area (Å²) in [7, 11) is 0. The minimum Gasteiger partial charge on any atom is -0.288 e. The van der Waals surface area contributed by atoms with Gasteiger partial charge in [-0.1, -0.05) is 41.4 Å². The van der Waals surface area contributed by atoms with E-state index in [1.54, 1.807) is 36.4 Å². The molecule has 0 bridgehead atoms. The number of benzene rings is 2. The summed E-state index contributed by atoms with van der Waals surface area (Å²) >= 11 is 11.9. The molecule has 7 nitrogen and oxygen atoms in total. The van der Waals surface area contributed by atoms with Gasteiger partial charge in [0.2, 0.25) is 5.95 Å². The lowest BCUT2D eigenvalue weighted by molar-refractivity contribution is 0.102. The van der Waals surface area contributed by atoms with Gasteiger partial charge in [0.05, 0.1) is 22.3 Å². The highest BCUT2D eigenvalue weighted by atomic mass is 35.5. The summed E-state index contributed by atoms with van der Waals surface area (Å²) in [5.41, 5.74) is 2.21. The van der Waals surface area contributed by atoms with Gasteiger partial charge < -0.3 is 0 Å². The highest BCUT2D eigenvalue weighted by Gasteiger charge is 2.14. The van der Waals surface area contributed by atoms with Crippen LogP contribution in [0.4, 0.5) is 10.3 Å². The van der Waals surface area contributed by atoms with Crippen molar-refractivity contribution in [3.8, 4) is 11.3 Å². The number of aromatic amines is 1. The Balaban J connectivity index is 1.44. The van der Waals surface area contributed by atoms with Gasteiger partial charge >= 0.3 is 0 Å². The molecule has 0 saturated carbocycles. The third kappa shape index (κ3) is 4.44. The monoisotopic (exact) mass is 430 g/mol. The number of hydrogen-bond acceptors (Lipinski definition) is 4. The molecule has 2 aromatic carbocycles. The Bertz CT molecular complexity index is 1190. The first-order chi connectivity index (χ1) is 14.0. The molecule has 146 valence electrons. The summed E-state index contributed by atoms with van der Waals surface area (Å²) in [5, 5.41) is 14.4. The van der Waals surface area contributed by atoms with E-state index in [2.05, 4.69) is 25.6 Å². The zero-order valence-electron chi connectivity index (χ0n) is 14.7. The van der Waals surface area contributed by atoms with Crippen LogP contribution in [-0.2, 0) is 6.54 Å². The highest BCUT2D eigenvalue weighted by molar-refractivity contribution is 6.42. The van der Waals surface area contributed by atoms with E-state index in [1.807, 2.05) is 0 Å². The van der Waals surface area contributed by atoms with Crippen molar-refractivity contribution >= 4 is 35.1 Å². The Morgan fingerprint density at radius 1 is 1.14 bits per heavy atom. The van der Waals surface area contributed by atoms with Crippen molar-refractivity contribution in [3.05, 3.63) is 82.0 Å². The largest absolute Gasteiger partial charge is 0.288 e. The van der Waals surface area contributed by atoms with Crippen LogP contribution in [0.25, 0.3) is 11.3 Å². The molecule has 0 fully saturated rings. The summed E-state index contributed by atoms with van der Waals surface area (Å²) in [5.74, 6) is -0.655. The van der Waals surface area contributed by atoms with Crippen LogP contribution in [-0.4, -0.2) is 30.9 Å². The number of carbonyl (C=O) groups excluding carboxylic acids is 1. The van der Waals surface area contributed by atoms with Crippen molar-refractivity contribution in [2.75, 3.05) is 5.32 Å². The molecule has 4 rings (SSSR count). The number of amides is 1. The molecular weight excluding hydrogens is 418 g/mol. The Morgan fingerprint density at radius 2 is 2.00 bits per heavy atom. The average molecular weight is 431 g/mol. The van der Waals surface area contributed by atoms with Crippen molar-refractivity contribution in [3.63, 3.8) is 0 Å². The molecule has 0 unspecified atom stereocenters. The van der Waals surface area contributed by atoms with E-state index in [9.17, 15) is 9.18 Å². The molecule has 0 aliphatic rings. The van der Waals surface area contributed by atoms with Gasteiger partial charge in [-0.3, -0.25) is 15.2 Å². The van der Waals surface area contributed by atoms with Gasteiger partial charge in [-0.15, -0.1) is 5.10 Å². The molecule has 4 aromatic rings. The number of nitrogens with one attached hydrogen (secondary N) is 2. The normalized spacial score (nSPS) is 10.9. The summed E-state index contributed by atoms with van der Waals surface area (Å²) in [6.45, 7) is 0.326. The van der Waals surface area contributed by atoms with Crippen LogP contribution < -0.4 is 5.32 Å². The van der Waals surface area contributed by atoms with Crippen LogP contribution in [0.3, 0.4) is 0 Å². The minimum atomic E-state index is -0.452. The van der Waals surface area contributed by atoms with Crippen molar-refractivity contribution < 1.29 is 9.18 Å². The lowest BCUT2D eigenvalue weighted by atomic mass is 10.1. The summed E-state index contributed by atoms with van der Waals surface area (Å²) in [4.78, 5) is 16.5. The molecule has 0 radical (unpaired) electrons. The van der Waals surface area contributed by atoms with Crippen LogP contribution in [0.5, 0.6) is 0 Å². The molecule has 0 saturated heterocycles. The van der Waals surface area contributed by atoms with Gasteiger partial charge in [-0.2, -0.15) is 5.10 Å². The first kappa shape index (κ1) is 19.1. The van der Waals surface area contributed by atoms with Crippen LogP contribution in [0, 0.1) is 5.82 Å². The maximum atomic E-state index is 13.3. The summed E-state index contributed by atoms with van der Waals surface area (Å²) in [6.07, 6.45) is 1.45. The van der Waals surface area contributed by atoms with Gasteiger partial charge in [0.25, 0.3) is 5.91 Å². The molecule has 0 spiro atoms. The standard InChI is InChI=1S/C19H13Cl2FN6O/c20-14-5-4-12(7-15(14)21)16-8-17(26-25-16)18(29)24-19-23-10-28(27-19)9-11-2-1-3-13(22)6-11/h1-8,10H,9H2,(H,25,26)(H,24,27,29). The zero-order valence-corrected chi connectivity index (χ0v) is 16.2. The van der Waals surface area contributed by atoms with Crippen molar-refractivity contribution in [2.45, 2.75) is 6.54 Å². The Hall–Kier alpha value is -3.23. The number of carbonyl (C=O) groups is 1. The lowest BCUT2D eigenvalue weighted by Crippen LogP contribution is -2.14. The van der Waals surface area contributed by atoms with Crippen LogP contribution in [0.1, 0.15) is 16.1 Å². The second-order valence-corrected chi connectivity index (χ2v) is 6.96. The number of rotatable bonds is 5. The van der Waals surface area contributed by atoms with Crippen molar-refractivity contribution in [1.29, 1.82) is 0 Å². The highest BCUT2D eigenvalue weighted by Crippen LogP contribution is 2.27. The third-order valence-corrected chi connectivity index (χ3v) is 4.77. The second-order valence-electron chi connectivity index (χ2n) is 6.15. The fourth-order valence-electron chi connectivity index (χ4n) is 2.66. The number of halogens is 3. The zero-order chi connectivity index (χ0) is 20.4. The van der Waals surface area contributed by atoms with E-state index in [0.717, 1.165) is 5.56 Å². The van der Waals surface area contributed by atoms with Crippen LogP contribution in [0.2, 0.25) is 10.0 Å². The van der Waals surface area contributed by atoms with E-state index < -0.39 is 5.91 Å². The molecule has 0 aliphatic carbocycles. The summed E-state index contributed by atoms with van der Waals surface area (Å²) < 4.78 is 14.8. The lowest BCUT2D eigenvalue weighted by Gasteiger charge is -2.01. The summed E-state index contributed by atoms with van der Waals surface area (Å²) in [6, 6.07) is 12.8. The number of hydrogen-bond donors (Lipinski definition) is 2. The molecule has 29 heavy (non-hydrogen) atoms. The number of H-pyrrole nitrogens is 1. The van der Waals surface area contributed by atoms with Gasteiger partial charge in [0, 0.05) is 5.56 Å². The van der Waals surface area contributed by atoms with Crippen molar-refractivity contribution in [1.82, 2.24) is 25.0 Å². The molecule has 10 heteroatoms. The quantitative estimate of drug-likeness (QED) is 0.490. The SMILES string of the molecule is O=C(Nc1ncn(Cc2cccc(F)c2)n1)c1cc(-c2ccc(Cl)c(Cl)c2)n[nH]1. The Kier molecular flexibility index (Phi) is 5.28. The molecule has 2 heterocycles. The number of nitrogens with zero attached hydrogens (tertiary/aromatic N) is 4. The molecule has 0 atom stereocenters. The fourth-order valence-corrected chi connectivity index (χ4v) is 2.96. The van der Waals surface area contributed by atoms with Gasteiger partial charge in [0.15, 0.2) is 0 Å². The van der Waals surface area contributed by atoms with Crippen LogP contribution in [0.15, 0.2) is 54.9 Å². The predicted octanol–water partition coefficient (Wildman–Crippen LogP) is 4.41. The first-order valence-electron chi connectivity index (χ1n) is 8.44. The second kappa shape index (κ2) is 8.02. The van der Waals surface area contributed by atoms with E-state index in [-0.39, 0.29) is 17.5 Å². The maximum absolute atomic E-state index is 13.3. The average Bonchev–Trinajstić information content (AvgIpc) is 3.34. The van der Waals surface area contributed by atoms with Gasteiger partial charge in [-0.05, 0) is 35.9 Å². The third-order valence-electron chi connectivity index (χ3n) is 4.03. The van der Waals surface area contributed by atoms with Gasteiger partial charge in [-0.25, -0.2) is 14.1 Å². The van der Waals surface area contributed by atoms with E-state index >= 15 is 0 Å². The minimum absolute atomic E-state index is 0.122. The smallest absolute Gasteiger partial charge is 0.276 e. The molecule has 2 aromatic heterocycles. The van der Waals surface area contributed by atoms with E-state index in [0.29, 0.717) is 27.8 Å². The molecule has 2 N–H and O–H groups in total. The topological polar surface area (TPSA) is 88.5 Å². The molecule has 0 aliphatic heterocycles. The van der Waals surface area contributed by atoms with Crippen molar-refractivity contribution in [2.24, 2.45) is 0 Å². The van der Waals surface area contributed by atoms with E-state index in [1.165, 1.54) is 23.1 Å². The van der Waals surface area contributed by atoms with E-state index in [4.69, 9.17) is 23.2 Å².